The third-order valence-corrected chi connectivity index (χ3v) is 8.05. The molecule has 1 atom stereocenters. The molecular weight excluding hydrogens is 548 g/mol. The van der Waals surface area contributed by atoms with Crippen molar-refractivity contribution in [1.29, 1.82) is 0 Å². The van der Waals surface area contributed by atoms with Crippen LogP contribution in [0.25, 0.3) is 10.9 Å². The highest BCUT2D eigenvalue weighted by molar-refractivity contribution is 6.31. The molecule has 0 spiro atoms. The van der Waals surface area contributed by atoms with Crippen LogP contribution in [0.15, 0.2) is 100 Å². The molecule has 9 heteroatoms. The second-order valence-electron chi connectivity index (χ2n) is 10.6. The highest BCUT2D eigenvalue weighted by Crippen LogP contribution is 2.32. The summed E-state index contributed by atoms with van der Waals surface area (Å²) in [6.07, 6.45) is 2.39. The van der Waals surface area contributed by atoms with Gasteiger partial charge in [-0.2, -0.15) is 0 Å². The Balaban J connectivity index is 1.50. The van der Waals surface area contributed by atoms with Crippen molar-refractivity contribution in [2.24, 2.45) is 0 Å². The van der Waals surface area contributed by atoms with Crippen LogP contribution in [0.1, 0.15) is 45.4 Å². The number of tetrazole rings is 1. The topological polar surface area (TPSA) is 92.8 Å². The van der Waals surface area contributed by atoms with Crippen LogP contribution in [0.4, 0.5) is 0 Å². The van der Waals surface area contributed by atoms with Crippen molar-refractivity contribution in [3.63, 3.8) is 0 Å². The molecule has 8 nitrogen and oxygen atoms in total. The molecule has 1 N–H and O–H groups in total. The van der Waals surface area contributed by atoms with Crippen molar-refractivity contribution in [2.45, 2.75) is 45.9 Å². The molecular formula is C33H31ClN6O2. The lowest BCUT2D eigenvalue weighted by Gasteiger charge is -2.30. The van der Waals surface area contributed by atoms with Gasteiger partial charge in [-0.3, -0.25) is 9.69 Å². The van der Waals surface area contributed by atoms with E-state index in [9.17, 15) is 4.79 Å². The van der Waals surface area contributed by atoms with Crippen LogP contribution in [0, 0.1) is 13.8 Å². The van der Waals surface area contributed by atoms with E-state index in [-0.39, 0.29) is 5.56 Å². The second kappa shape index (κ2) is 12.1. The van der Waals surface area contributed by atoms with Crippen molar-refractivity contribution in [1.82, 2.24) is 30.1 Å². The smallest absolute Gasteiger partial charge is 0.253 e. The number of halogens is 1. The van der Waals surface area contributed by atoms with E-state index in [2.05, 4.69) is 50.5 Å². The average molecular weight is 579 g/mol. The van der Waals surface area contributed by atoms with Gasteiger partial charge in [-0.05, 0) is 94.7 Å². The summed E-state index contributed by atoms with van der Waals surface area (Å²) >= 11 is 6.65. The molecule has 0 saturated carbocycles. The van der Waals surface area contributed by atoms with Crippen LogP contribution in [0.3, 0.4) is 0 Å². The van der Waals surface area contributed by atoms with Crippen LogP contribution in [-0.4, -0.2) is 30.1 Å². The number of benzene rings is 3. The van der Waals surface area contributed by atoms with Gasteiger partial charge in [-0.25, -0.2) is 4.68 Å². The van der Waals surface area contributed by atoms with E-state index in [1.807, 2.05) is 73.7 Å². The number of H-pyrrole nitrogens is 1. The Morgan fingerprint density at radius 1 is 0.952 bits per heavy atom. The van der Waals surface area contributed by atoms with E-state index in [1.54, 1.807) is 10.9 Å². The van der Waals surface area contributed by atoms with Gasteiger partial charge in [0.25, 0.3) is 5.56 Å². The van der Waals surface area contributed by atoms with Gasteiger partial charge in [0.1, 0.15) is 11.8 Å². The minimum atomic E-state index is -0.605. The zero-order valence-corrected chi connectivity index (χ0v) is 24.3. The number of hydrogen-bond acceptors (Lipinski definition) is 6. The summed E-state index contributed by atoms with van der Waals surface area (Å²) in [7, 11) is 0. The van der Waals surface area contributed by atoms with Gasteiger partial charge in [-0.1, -0.05) is 60.1 Å². The summed E-state index contributed by atoms with van der Waals surface area (Å²) in [6.45, 7) is 5.49. The Labute approximate surface area is 248 Å². The fourth-order valence-corrected chi connectivity index (χ4v) is 5.52. The highest BCUT2D eigenvalue weighted by Gasteiger charge is 2.32. The lowest BCUT2D eigenvalue weighted by Crippen LogP contribution is -2.35. The Hall–Kier alpha value is -4.53. The standard InChI is InChI=1S/C33H31ClN6O2/c1-22-17-26-19-28(33(41)35-30(26)18-23(22)2)31(32-36-37-38-40(32)15-14-24-9-4-3-5-10-24)39(21-27-12-8-16-42-27)20-25-11-6-7-13-29(25)34/h3-13,16-19,31H,14-15,20-21H2,1-2H3,(H,35,41)/t31-/m1/s1. The van der Waals surface area contributed by atoms with Gasteiger partial charge in [0, 0.05) is 29.2 Å². The fourth-order valence-electron chi connectivity index (χ4n) is 5.33. The summed E-state index contributed by atoms with van der Waals surface area (Å²) in [6, 6.07) is 27.2. The van der Waals surface area contributed by atoms with Crippen LogP contribution in [0.2, 0.25) is 5.02 Å². The van der Waals surface area contributed by atoms with E-state index >= 15 is 0 Å². The minimum absolute atomic E-state index is 0.197. The largest absolute Gasteiger partial charge is 0.468 e. The zero-order chi connectivity index (χ0) is 29.1. The molecule has 0 aliphatic heterocycles. The van der Waals surface area contributed by atoms with Crippen molar-refractivity contribution in [3.8, 4) is 0 Å². The maximum absolute atomic E-state index is 13.9. The summed E-state index contributed by atoms with van der Waals surface area (Å²) in [5.41, 5.74) is 5.49. The third-order valence-electron chi connectivity index (χ3n) is 7.68. The number of aryl methyl sites for hydroxylation is 4. The molecule has 3 aromatic heterocycles. The number of furan rings is 1. The number of aromatic amines is 1. The predicted octanol–water partition coefficient (Wildman–Crippen LogP) is 6.41. The van der Waals surface area contributed by atoms with E-state index in [1.165, 1.54) is 5.56 Å². The first kappa shape index (κ1) is 27.6. The number of fused-ring (bicyclic) bond motifs is 1. The molecule has 0 fully saturated rings. The van der Waals surface area contributed by atoms with E-state index in [4.69, 9.17) is 16.0 Å². The molecule has 0 aliphatic carbocycles. The molecule has 212 valence electrons. The molecule has 3 heterocycles. The molecule has 6 aromatic rings. The molecule has 0 unspecified atom stereocenters. The van der Waals surface area contributed by atoms with Crippen molar-refractivity contribution in [3.05, 3.63) is 146 Å². The molecule has 3 aromatic carbocycles. The molecule has 0 amide bonds. The Morgan fingerprint density at radius 3 is 2.52 bits per heavy atom. The number of nitrogens with zero attached hydrogens (tertiary/aromatic N) is 5. The van der Waals surface area contributed by atoms with Gasteiger partial charge < -0.3 is 9.40 Å². The highest BCUT2D eigenvalue weighted by atomic mass is 35.5. The van der Waals surface area contributed by atoms with Crippen LogP contribution < -0.4 is 5.56 Å². The fraction of sp³-hybridized carbons (Fsp3) is 0.212. The first-order valence-corrected chi connectivity index (χ1v) is 14.3. The normalized spacial score (nSPS) is 12.3. The number of nitrogens with one attached hydrogen (secondary N) is 1. The number of pyridine rings is 1. The van der Waals surface area contributed by atoms with Crippen LogP contribution in [0.5, 0.6) is 0 Å². The van der Waals surface area contributed by atoms with E-state index < -0.39 is 6.04 Å². The van der Waals surface area contributed by atoms with Crippen molar-refractivity contribution >= 4 is 22.5 Å². The second-order valence-corrected chi connectivity index (χ2v) is 11.0. The van der Waals surface area contributed by atoms with E-state index in [0.717, 1.165) is 39.8 Å². The summed E-state index contributed by atoms with van der Waals surface area (Å²) < 4.78 is 7.58. The van der Waals surface area contributed by atoms with Crippen molar-refractivity contribution < 1.29 is 4.42 Å². The molecule has 6 rings (SSSR count). The lowest BCUT2D eigenvalue weighted by atomic mass is 10.00. The molecule has 0 radical (unpaired) electrons. The van der Waals surface area contributed by atoms with E-state index in [0.29, 0.717) is 36.0 Å². The molecule has 0 aliphatic rings. The van der Waals surface area contributed by atoms with Gasteiger partial charge in [0.2, 0.25) is 0 Å². The zero-order valence-electron chi connectivity index (χ0n) is 23.5. The maximum Gasteiger partial charge on any atom is 0.253 e. The Bertz CT molecular complexity index is 1860. The summed E-state index contributed by atoms with van der Waals surface area (Å²) in [5, 5.41) is 14.5. The van der Waals surface area contributed by atoms with Gasteiger partial charge in [-0.15, -0.1) is 5.10 Å². The Morgan fingerprint density at radius 2 is 1.74 bits per heavy atom. The third kappa shape index (κ3) is 5.91. The molecule has 0 bridgehead atoms. The van der Waals surface area contributed by atoms with Gasteiger partial charge in [0.05, 0.1) is 12.8 Å². The summed E-state index contributed by atoms with van der Waals surface area (Å²) in [5.74, 6) is 1.32. The SMILES string of the molecule is Cc1cc2cc([C@H](c3nnnn3CCc3ccccc3)N(Cc3ccco3)Cc3ccccc3Cl)c(=O)[nH]c2cc1C. The lowest BCUT2D eigenvalue weighted by molar-refractivity contribution is 0.179. The molecule has 42 heavy (non-hydrogen) atoms. The van der Waals surface area contributed by atoms with Crippen molar-refractivity contribution in [2.75, 3.05) is 0 Å². The maximum atomic E-state index is 13.9. The number of hydrogen-bond donors (Lipinski definition) is 1. The number of aromatic nitrogens is 5. The number of rotatable bonds is 10. The average Bonchev–Trinajstić information content (AvgIpc) is 3.68. The van der Waals surface area contributed by atoms with Crippen LogP contribution >= 0.6 is 11.6 Å². The first-order chi connectivity index (χ1) is 20.5. The minimum Gasteiger partial charge on any atom is -0.468 e. The first-order valence-electron chi connectivity index (χ1n) is 13.9. The van der Waals surface area contributed by atoms with Gasteiger partial charge in [0.15, 0.2) is 5.82 Å². The quantitative estimate of drug-likeness (QED) is 0.202. The molecule has 0 saturated heterocycles. The monoisotopic (exact) mass is 578 g/mol. The summed E-state index contributed by atoms with van der Waals surface area (Å²) in [4.78, 5) is 19.1. The van der Waals surface area contributed by atoms with Crippen LogP contribution in [-0.2, 0) is 26.1 Å². The van der Waals surface area contributed by atoms with Gasteiger partial charge >= 0.3 is 0 Å². The Kier molecular flexibility index (Phi) is 7.99. The predicted molar refractivity (Wildman–Crippen MR) is 163 cm³/mol.